The molecule has 144 valence electrons. The summed E-state index contributed by atoms with van der Waals surface area (Å²) in [7, 11) is 0. The number of thioether (sulfide) groups is 1. The average molecular weight is 386 g/mol. The topological polar surface area (TPSA) is 73.9 Å². The van der Waals surface area contributed by atoms with Crippen LogP contribution in [0.4, 0.5) is 4.79 Å². The Hall–Kier alpha value is -2.02. The molecule has 1 atom stereocenters. The summed E-state index contributed by atoms with van der Waals surface area (Å²) in [5.74, 6) is 2.67. The molecule has 7 heteroatoms. The lowest BCUT2D eigenvalue weighted by molar-refractivity contribution is 0.190. The van der Waals surface area contributed by atoms with Gasteiger partial charge >= 0.3 is 6.03 Å². The zero-order valence-corrected chi connectivity index (χ0v) is 16.6. The minimum atomic E-state index is -0.0176. The van der Waals surface area contributed by atoms with E-state index >= 15 is 0 Å². The van der Waals surface area contributed by atoms with Crippen molar-refractivity contribution in [1.82, 2.24) is 25.4 Å². The van der Waals surface area contributed by atoms with Crippen LogP contribution in [0.15, 0.2) is 30.3 Å². The highest BCUT2D eigenvalue weighted by atomic mass is 32.2. The third kappa shape index (κ3) is 4.13. The van der Waals surface area contributed by atoms with E-state index in [2.05, 4.69) is 26.8 Å². The lowest BCUT2D eigenvalue weighted by Crippen LogP contribution is -2.40. The maximum absolute atomic E-state index is 12.7. The molecule has 1 aliphatic carbocycles. The van der Waals surface area contributed by atoms with Gasteiger partial charge in [-0.15, -0.1) is 0 Å². The number of aromatic amines is 1. The van der Waals surface area contributed by atoms with Crippen molar-refractivity contribution in [3.63, 3.8) is 0 Å². The van der Waals surface area contributed by atoms with Crippen LogP contribution in [0.1, 0.15) is 44.0 Å². The summed E-state index contributed by atoms with van der Waals surface area (Å²) in [6, 6.07) is 9.92. The van der Waals surface area contributed by atoms with Gasteiger partial charge in [0.2, 0.25) is 0 Å². The van der Waals surface area contributed by atoms with E-state index in [4.69, 9.17) is 0 Å². The van der Waals surface area contributed by atoms with Gasteiger partial charge in [0.15, 0.2) is 5.82 Å². The Morgan fingerprint density at radius 2 is 2.19 bits per heavy atom. The lowest BCUT2D eigenvalue weighted by atomic mass is 10.1. The molecule has 0 radical (unpaired) electrons. The molecule has 6 nitrogen and oxygen atoms in total. The monoisotopic (exact) mass is 385 g/mol. The number of urea groups is 1. The summed E-state index contributed by atoms with van der Waals surface area (Å²) in [6.45, 7) is 1.53. The molecule has 2 aromatic rings. The summed E-state index contributed by atoms with van der Waals surface area (Å²) in [5.41, 5.74) is 1.46. The summed E-state index contributed by atoms with van der Waals surface area (Å²) < 4.78 is 0. The molecular weight excluding hydrogens is 358 g/mol. The first kappa shape index (κ1) is 18.3. The quantitative estimate of drug-likeness (QED) is 0.759. The number of nitrogens with zero attached hydrogens (tertiary/aromatic N) is 3. The highest BCUT2D eigenvalue weighted by Crippen LogP contribution is 2.50. The van der Waals surface area contributed by atoms with E-state index in [-0.39, 0.29) is 12.1 Å². The van der Waals surface area contributed by atoms with Crippen molar-refractivity contribution < 1.29 is 4.79 Å². The van der Waals surface area contributed by atoms with Crippen LogP contribution in [-0.2, 0) is 0 Å². The van der Waals surface area contributed by atoms with Gasteiger partial charge in [-0.05, 0) is 49.5 Å². The second kappa shape index (κ2) is 7.92. The van der Waals surface area contributed by atoms with Crippen molar-refractivity contribution in [1.29, 1.82) is 0 Å². The van der Waals surface area contributed by atoms with Gasteiger partial charge < -0.3 is 10.2 Å². The van der Waals surface area contributed by atoms with Crippen molar-refractivity contribution in [2.45, 2.75) is 38.1 Å². The highest BCUT2D eigenvalue weighted by molar-refractivity contribution is 7.98. The van der Waals surface area contributed by atoms with Crippen molar-refractivity contribution in [3.8, 4) is 11.4 Å². The van der Waals surface area contributed by atoms with Gasteiger partial charge in [-0.3, -0.25) is 5.10 Å². The molecule has 27 heavy (non-hydrogen) atoms. The standard InChI is InChI=1S/C20H27N5OS/c1-27-14-20(9-10-20)11-12-21-19(26)25-13-5-8-16(25)18-22-17(23-24-18)15-6-3-2-4-7-15/h2-4,6-7,16H,5,8-14H2,1H3,(H,21,26)(H,22,23,24). The van der Waals surface area contributed by atoms with Crippen LogP contribution in [0, 0.1) is 5.41 Å². The largest absolute Gasteiger partial charge is 0.338 e. The SMILES string of the molecule is CSCC1(CCNC(=O)N2CCCC2c2nc(-c3ccccc3)n[nH]2)CC1. The molecule has 1 saturated heterocycles. The fourth-order valence-electron chi connectivity index (χ4n) is 3.92. The van der Waals surface area contributed by atoms with E-state index in [1.54, 1.807) is 0 Å². The Labute approximate surface area is 164 Å². The maximum Gasteiger partial charge on any atom is 0.318 e. The Morgan fingerprint density at radius 1 is 1.37 bits per heavy atom. The number of hydrogen-bond donors (Lipinski definition) is 2. The van der Waals surface area contributed by atoms with Gasteiger partial charge in [0.05, 0.1) is 6.04 Å². The van der Waals surface area contributed by atoms with E-state index < -0.39 is 0 Å². The Balaban J connectivity index is 1.36. The van der Waals surface area contributed by atoms with E-state index in [1.807, 2.05) is 47.0 Å². The average Bonchev–Trinajstić information content (AvgIpc) is 3.11. The van der Waals surface area contributed by atoms with Gasteiger partial charge in [0, 0.05) is 18.7 Å². The van der Waals surface area contributed by atoms with E-state index in [9.17, 15) is 4.79 Å². The summed E-state index contributed by atoms with van der Waals surface area (Å²) >= 11 is 1.91. The molecule has 2 aliphatic rings. The van der Waals surface area contributed by atoms with Crippen LogP contribution in [-0.4, -0.2) is 51.2 Å². The van der Waals surface area contributed by atoms with Crippen molar-refractivity contribution in [2.24, 2.45) is 5.41 Å². The molecule has 0 bridgehead atoms. The minimum absolute atomic E-state index is 0.0176. The fourth-order valence-corrected chi connectivity index (χ4v) is 4.96. The van der Waals surface area contributed by atoms with Crippen LogP contribution < -0.4 is 5.32 Å². The van der Waals surface area contributed by atoms with Crippen molar-refractivity contribution in [2.75, 3.05) is 25.1 Å². The first-order chi connectivity index (χ1) is 13.2. The van der Waals surface area contributed by atoms with Crippen LogP contribution in [0.2, 0.25) is 0 Å². The zero-order valence-electron chi connectivity index (χ0n) is 15.8. The van der Waals surface area contributed by atoms with E-state index in [0.717, 1.165) is 43.7 Å². The zero-order chi connectivity index (χ0) is 18.7. The van der Waals surface area contributed by atoms with Gasteiger partial charge in [-0.1, -0.05) is 30.3 Å². The second-order valence-electron chi connectivity index (χ2n) is 7.68. The Bertz CT molecular complexity index is 774. The summed E-state index contributed by atoms with van der Waals surface area (Å²) in [6.07, 6.45) is 7.77. The molecular formula is C20H27N5OS. The number of H-pyrrole nitrogens is 1. The highest BCUT2D eigenvalue weighted by Gasteiger charge is 2.41. The molecule has 1 saturated carbocycles. The Kier molecular flexibility index (Phi) is 5.38. The third-order valence-corrected chi connectivity index (χ3v) is 6.60. The number of likely N-dealkylation sites (tertiary alicyclic amines) is 1. The van der Waals surface area contributed by atoms with Gasteiger partial charge in [-0.2, -0.15) is 16.9 Å². The van der Waals surface area contributed by atoms with Crippen LogP contribution in [0.5, 0.6) is 0 Å². The molecule has 1 unspecified atom stereocenters. The van der Waals surface area contributed by atoms with Crippen molar-refractivity contribution >= 4 is 17.8 Å². The van der Waals surface area contributed by atoms with Gasteiger partial charge in [0.25, 0.3) is 0 Å². The molecule has 4 rings (SSSR count). The molecule has 2 N–H and O–H groups in total. The third-order valence-electron chi connectivity index (χ3n) is 5.70. The van der Waals surface area contributed by atoms with Crippen LogP contribution >= 0.6 is 11.8 Å². The number of benzene rings is 1. The number of hydrogen-bond acceptors (Lipinski definition) is 4. The summed E-state index contributed by atoms with van der Waals surface area (Å²) in [4.78, 5) is 19.3. The molecule has 1 aromatic heterocycles. The molecule has 2 heterocycles. The number of rotatable bonds is 7. The van der Waals surface area contributed by atoms with Crippen LogP contribution in [0.25, 0.3) is 11.4 Å². The number of aromatic nitrogens is 3. The molecule has 2 fully saturated rings. The van der Waals surface area contributed by atoms with E-state index in [0.29, 0.717) is 11.2 Å². The number of carbonyl (C=O) groups is 1. The number of amides is 2. The molecule has 0 spiro atoms. The normalized spacial score (nSPS) is 20.6. The van der Waals surface area contributed by atoms with Gasteiger partial charge in [-0.25, -0.2) is 9.78 Å². The van der Waals surface area contributed by atoms with E-state index in [1.165, 1.54) is 18.6 Å². The molecule has 1 aliphatic heterocycles. The van der Waals surface area contributed by atoms with Crippen LogP contribution in [0.3, 0.4) is 0 Å². The first-order valence-corrected chi connectivity index (χ1v) is 11.1. The minimum Gasteiger partial charge on any atom is -0.338 e. The summed E-state index contributed by atoms with van der Waals surface area (Å²) in [5, 5.41) is 10.5. The smallest absolute Gasteiger partial charge is 0.318 e. The fraction of sp³-hybridized carbons (Fsp3) is 0.550. The second-order valence-corrected chi connectivity index (χ2v) is 8.54. The van der Waals surface area contributed by atoms with Crippen molar-refractivity contribution in [3.05, 3.63) is 36.2 Å². The lowest BCUT2D eigenvalue weighted by Gasteiger charge is -2.24. The molecule has 2 amide bonds. The molecule has 1 aromatic carbocycles. The Morgan fingerprint density at radius 3 is 2.93 bits per heavy atom. The predicted octanol–water partition coefficient (Wildman–Crippen LogP) is 3.85. The predicted molar refractivity (Wildman–Crippen MR) is 109 cm³/mol. The number of nitrogens with one attached hydrogen (secondary N) is 2. The number of carbonyl (C=O) groups excluding carboxylic acids is 1. The first-order valence-electron chi connectivity index (χ1n) is 9.72. The van der Waals surface area contributed by atoms with Gasteiger partial charge in [0.1, 0.15) is 5.82 Å². The maximum atomic E-state index is 12.7.